The fourth-order valence-electron chi connectivity index (χ4n) is 5.01. The summed E-state index contributed by atoms with van der Waals surface area (Å²) in [6.07, 6.45) is 0.304. The molecule has 3 aromatic rings. The third-order valence-corrected chi connectivity index (χ3v) is 6.89. The summed E-state index contributed by atoms with van der Waals surface area (Å²) in [6.45, 7) is 2.04. The van der Waals surface area contributed by atoms with Crippen molar-refractivity contribution in [3.63, 3.8) is 0 Å². The number of aliphatic carboxylic acids is 1. The lowest BCUT2D eigenvalue weighted by Crippen LogP contribution is -2.51. The molecule has 1 saturated heterocycles. The summed E-state index contributed by atoms with van der Waals surface area (Å²) in [7, 11) is 0. The number of nitrogens with one attached hydrogen (secondary N) is 1. The zero-order valence-electron chi connectivity index (χ0n) is 19.2. The number of likely N-dealkylation sites (tertiary alicyclic amines) is 1. The molecule has 2 heterocycles. The molecule has 2 N–H and O–H groups in total. The molecule has 1 aromatic heterocycles. The number of carboxylic acids is 1. The number of carboxylic acid groups (broad SMARTS) is 1. The minimum atomic E-state index is -1.27. The molecule has 1 atom stereocenters. The zero-order chi connectivity index (χ0) is 24.6. The Bertz CT molecular complexity index is 1280. The number of nitrogens with zero attached hydrogens (tertiary/aromatic N) is 2. The summed E-state index contributed by atoms with van der Waals surface area (Å²) in [6, 6.07) is 20.8. The van der Waals surface area contributed by atoms with E-state index in [9.17, 15) is 19.5 Å². The van der Waals surface area contributed by atoms with E-state index in [0.717, 1.165) is 22.3 Å². The van der Waals surface area contributed by atoms with Gasteiger partial charge in [0.1, 0.15) is 23.7 Å². The normalized spacial score (nSPS) is 18.6. The highest BCUT2D eigenvalue weighted by atomic mass is 16.5. The number of benzene rings is 2. The van der Waals surface area contributed by atoms with E-state index in [4.69, 9.17) is 4.74 Å². The van der Waals surface area contributed by atoms with Gasteiger partial charge in [0.05, 0.1) is 0 Å². The van der Waals surface area contributed by atoms with Crippen LogP contribution in [0.15, 0.2) is 66.7 Å². The van der Waals surface area contributed by atoms with Gasteiger partial charge in [-0.05, 0) is 54.2 Å². The molecular formula is C27H25N3O5. The summed E-state index contributed by atoms with van der Waals surface area (Å²) in [5.74, 6) is -1.44. The average Bonchev–Trinajstić information content (AvgIpc) is 3.41. The van der Waals surface area contributed by atoms with Crippen LogP contribution in [0.5, 0.6) is 0 Å². The van der Waals surface area contributed by atoms with Crippen LogP contribution in [0.3, 0.4) is 0 Å². The summed E-state index contributed by atoms with van der Waals surface area (Å²) in [4.78, 5) is 42.9. The second-order valence-corrected chi connectivity index (χ2v) is 9.00. The van der Waals surface area contributed by atoms with Crippen molar-refractivity contribution in [1.29, 1.82) is 0 Å². The number of hydrogen-bond donors (Lipinski definition) is 2. The van der Waals surface area contributed by atoms with Gasteiger partial charge in [0, 0.05) is 12.5 Å². The smallest absolute Gasteiger partial charge is 0.412 e. The van der Waals surface area contributed by atoms with Crippen LogP contribution >= 0.6 is 0 Å². The second-order valence-electron chi connectivity index (χ2n) is 9.00. The first-order valence-electron chi connectivity index (χ1n) is 11.5. The van der Waals surface area contributed by atoms with Gasteiger partial charge < -0.3 is 14.7 Å². The Hall–Kier alpha value is -4.20. The molecule has 2 amide bonds. The number of hydrogen-bond acceptors (Lipinski definition) is 5. The van der Waals surface area contributed by atoms with E-state index < -0.39 is 23.5 Å². The van der Waals surface area contributed by atoms with Crippen molar-refractivity contribution in [2.75, 3.05) is 18.5 Å². The maximum absolute atomic E-state index is 13.0. The Labute approximate surface area is 202 Å². The first-order chi connectivity index (χ1) is 16.9. The van der Waals surface area contributed by atoms with Crippen molar-refractivity contribution in [1.82, 2.24) is 9.88 Å². The Kier molecular flexibility index (Phi) is 5.72. The molecule has 8 heteroatoms. The summed E-state index contributed by atoms with van der Waals surface area (Å²) in [5.41, 5.74) is 3.30. The minimum Gasteiger partial charge on any atom is -0.480 e. The summed E-state index contributed by atoms with van der Waals surface area (Å²) >= 11 is 0. The van der Waals surface area contributed by atoms with Crippen molar-refractivity contribution in [2.24, 2.45) is 0 Å². The molecule has 0 bridgehead atoms. The first-order valence-corrected chi connectivity index (χ1v) is 11.5. The molecule has 35 heavy (non-hydrogen) atoms. The topological polar surface area (TPSA) is 109 Å². The minimum absolute atomic E-state index is 0.0656. The molecule has 1 aliphatic heterocycles. The second kappa shape index (κ2) is 8.87. The molecule has 1 fully saturated rings. The lowest BCUT2D eigenvalue weighted by atomic mass is 9.98. The molecule has 8 nitrogen and oxygen atoms in total. The van der Waals surface area contributed by atoms with Gasteiger partial charge in [-0.2, -0.15) is 0 Å². The maximum Gasteiger partial charge on any atom is 0.412 e. The Morgan fingerprint density at radius 2 is 1.69 bits per heavy atom. The van der Waals surface area contributed by atoms with E-state index in [-0.39, 0.29) is 24.0 Å². The fraction of sp³-hybridized carbons (Fsp3) is 0.259. The van der Waals surface area contributed by atoms with Crippen molar-refractivity contribution in [3.05, 3.63) is 83.6 Å². The highest BCUT2D eigenvalue weighted by Crippen LogP contribution is 2.44. The number of rotatable bonds is 5. The first kappa shape index (κ1) is 22.6. The Balaban J connectivity index is 1.27. The van der Waals surface area contributed by atoms with E-state index in [0.29, 0.717) is 19.4 Å². The highest BCUT2D eigenvalue weighted by Gasteiger charge is 2.46. The van der Waals surface area contributed by atoms with Gasteiger partial charge in [0.2, 0.25) is 0 Å². The monoisotopic (exact) mass is 471 g/mol. The molecule has 0 unspecified atom stereocenters. The maximum atomic E-state index is 13.0. The third-order valence-electron chi connectivity index (χ3n) is 6.89. The number of carbonyl (C=O) groups is 3. The van der Waals surface area contributed by atoms with Crippen molar-refractivity contribution >= 4 is 23.8 Å². The molecular weight excluding hydrogens is 446 g/mol. The fourth-order valence-corrected chi connectivity index (χ4v) is 5.01. The van der Waals surface area contributed by atoms with E-state index in [1.54, 1.807) is 19.1 Å². The van der Waals surface area contributed by atoms with Crippen LogP contribution < -0.4 is 5.32 Å². The van der Waals surface area contributed by atoms with Gasteiger partial charge in [0.25, 0.3) is 5.91 Å². The van der Waals surface area contributed by atoms with E-state index in [2.05, 4.69) is 22.4 Å². The van der Waals surface area contributed by atoms with Gasteiger partial charge in [-0.25, -0.2) is 14.6 Å². The van der Waals surface area contributed by atoms with Gasteiger partial charge in [-0.1, -0.05) is 54.6 Å². The molecule has 2 aromatic carbocycles. The highest BCUT2D eigenvalue weighted by molar-refractivity contribution is 5.97. The average molecular weight is 472 g/mol. The predicted molar refractivity (Wildman–Crippen MR) is 129 cm³/mol. The largest absolute Gasteiger partial charge is 0.480 e. The number of carbonyl (C=O) groups excluding carboxylic acids is 2. The molecule has 1 aliphatic carbocycles. The molecule has 0 spiro atoms. The van der Waals surface area contributed by atoms with Gasteiger partial charge in [0.15, 0.2) is 0 Å². The standard InChI is InChI=1S/C27H25N3O5/c1-27(25(32)33)14-7-15-30(27)24(31)22-12-6-13-23(28-22)29-26(34)35-16-21-19-10-4-2-8-17(19)18-9-3-5-11-20(18)21/h2-6,8-13,21H,7,14-16H2,1H3,(H,32,33)(H,28,29,34)/t27-/m1/s1. The number of aromatic nitrogens is 1. The van der Waals surface area contributed by atoms with Crippen LogP contribution in [0.1, 0.15) is 47.3 Å². The van der Waals surface area contributed by atoms with Crippen molar-refractivity contribution in [2.45, 2.75) is 31.2 Å². The quantitative estimate of drug-likeness (QED) is 0.566. The van der Waals surface area contributed by atoms with E-state index in [1.165, 1.54) is 11.0 Å². The number of fused-ring (bicyclic) bond motifs is 3. The van der Waals surface area contributed by atoms with E-state index in [1.807, 2.05) is 36.4 Å². The van der Waals surface area contributed by atoms with Crippen molar-refractivity contribution < 1.29 is 24.2 Å². The van der Waals surface area contributed by atoms with E-state index >= 15 is 0 Å². The lowest BCUT2D eigenvalue weighted by Gasteiger charge is -2.30. The predicted octanol–water partition coefficient (Wildman–Crippen LogP) is 4.52. The van der Waals surface area contributed by atoms with Crippen LogP contribution in [0.2, 0.25) is 0 Å². The summed E-state index contributed by atoms with van der Waals surface area (Å²) in [5, 5.41) is 12.2. The number of ether oxygens (including phenoxy) is 1. The Morgan fingerprint density at radius 1 is 1.03 bits per heavy atom. The lowest BCUT2D eigenvalue weighted by molar-refractivity contribution is -0.147. The van der Waals surface area contributed by atoms with Crippen LogP contribution in [-0.2, 0) is 9.53 Å². The third kappa shape index (κ3) is 4.01. The number of amides is 2. The van der Waals surface area contributed by atoms with Crippen LogP contribution in [-0.4, -0.2) is 51.7 Å². The van der Waals surface area contributed by atoms with Crippen LogP contribution in [0.25, 0.3) is 11.1 Å². The van der Waals surface area contributed by atoms with Gasteiger partial charge >= 0.3 is 12.1 Å². The molecule has 0 radical (unpaired) electrons. The molecule has 5 rings (SSSR count). The van der Waals surface area contributed by atoms with Gasteiger partial charge in [-0.15, -0.1) is 0 Å². The SMILES string of the molecule is C[C@]1(C(=O)O)CCCN1C(=O)c1cccc(NC(=O)OCC2c3ccccc3-c3ccccc32)n1. The summed E-state index contributed by atoms with van der Waals surface area (Å²) < 4.78 is 5.55. The number of pyridine rings is 1. The van der Waals surface area contributed by atoms with Crippen molar-refractivity contribution in [3.8, 4) is 11.1 Å². The van der Waals surface area contributed by atoms with Crippen LogP contribution in [0.4, 0.5) is 10.6 Å². The molecule has 178 valence electrons. The molecule has 0 saturated carbocycles. The van der Waals surface area contributed by atoms with Crippen LogP contribution in [0, 0.1) is 0 Å². The molecule has 2 aliphatic rings. The van der Waals surface area contributed by atoms with Gasteiger partial charge in [-0.3, -0.25) is 10.1 Å². The Morgan fingerprint density at radius 3 is 2.34 bits per heavy atom. The zero-order valence-corrected chi connectivity index (χ0v) is 19.2. The number of anilines is 1.